The van der Waals surface area contributed by atoms with Crippen molar-refractivity contribution in [1.29, 1.82) is 0 Å². The van der Waals surface area contributed by atoms with Gasteiger partial charge in [-0.3, -0.25) is 9.59 Å². The molecule has 40 heavy (non-hydrogen) atoms. The summed E-state index contributed by atoms with van der Waals surface area (Å²) in [5, 5.41) is 6.15. The van der Waals surface area contributed by atoms with Crippen molar-refractivity contribution in [2.75, 3.05) is 17.2 Å². The fraction of sp³-hybridized carbons (Fsp3) is 0.429. The first-order valence-electron chi connectivity index (χ1n) is 12.9. The lowest BCUT2D eigenvalue weighted by molar-refractivity contribution is -0.107. The molecule has 1 aliphatic heterocycles. The summed E-state index contributed by atoms with van der Waals surface area (Å²) in [5.41, 5.74) is 2.21. The number of aldehydes is 1. The number of anilines is 2. The van der Waals surface area contributed by atoms with Crippen LogP contribution in [0.4, 0.5) is 21.0 Å². The second-order valence-corrected chi connectivity index (χ2v) is 12.4. The summed E-state index contributed by atoms with van der Waals surface area (Å²) in [7, 11) is 0. The number of H-pyrrole nitrogens is 1. The summed E-state index contributed by atoms with van der Waals surface area (Å²) < 4.78 is 16.9. The van der Waals surface area contributed by atoms with Crippen LogP contribution in [-0.4, -0.2) is 52.3 Å². The molecule has 0 fully saturated rings. The molecule has 0 saturated carbocycles. The number of hydrogen-bond donors (Lipinski definition) is 3. The topological polar surface area (TPSA) is 139 Å². The Morgan fingerprint density at radius 3 is 2.38 bits per heavy atom. The van der Waals surface area contributed by atoms with E-state index in [0.29, 0.717) is 23.2 Å². The second kappa shape index (κ2) is 11.2. The van der Waals surface area contributed by atoms with Crippen molar-refractivity contribution >= 4 is 51.5 Å². The molecule has 1 atom stereocenters. The zero-order valence-corrected chi connectivity index (χ0v) is 24.2. The Morgan fingerprint density at radius 1 is 1.00 bits per heavy atom. The van der Waals surface area contributed by atoms with Crippen LogP contribution >= 0.6 is 11.3 Å². The van der Waals surface area contributed by atoms with Gasteiger partial charge in [-0.1, -0.05) is 23.5 Å². The van der Waals surface area contributed by atoms with Crippen LogP contribution in [0.1, 0.15) is 52.7 Å². The van der Waals surface area contributed by atoms with Gasteiger partial charge < -0.3 is 34.7 Å². The molecule has 11 nitrogen and oxygen atoms in total. The summed E-state index contributed by atoms with van der Waals surface area (Å²) in [6.45, 7) is 11.2. The minimum atomic E-state index is -0.872. The zero-order chi connectivity index (χ0) is 29.2. The number of nitrogens with one attached hydrogen (secondary N) is 3. The van der Waals surface area contributed by atoms with E-state index >= 15 is 0 Å². The molecule has 3 aromatic rings. The summed E-state index contributed by atoms with van der Waals surface area (Å²) in [6.07, 6.45) is -0.650. The average molecular weight is 571 g/mol. The highest BCUT2D eigenvalue weighted by molar-refractivity contribution is 7.16. The van der Waals surface area contributed by atoms with Gasteiger partial charge in [-0.05, 0) is 77.3 Å². The van der Waals surface area contributed by atoms with Crippen LogP contribution in [0.25, 0.3) is 10.2 Å². The Morgan fingerprint density at radius 2 is 1.70 bits per heavy atom. The molecule has 0 radical (unpaired) electrons. The number of benzene rings is 2. The zero-order valence-electron chi connectivity index (χ0n) is 23.4. The third-order valence-electron chi connectivity index (χ3n) is 5.72. The molecule has 1 unspecified atom stereocenters. The summed E-state index contributed by atoms with van der Waals surface area (Å²) in [4.78, 5) is 52.9. The highest BCUT2D eigenvalue weighted by atomic mass is 32.1. The number of carbonyl (C=O) groups is 3. The molecular formula is C28H34N4O7S. The highest BCUT2D eigenvalue weighted by Crippen LogP contribution is 2.32. The van der Waals surface area contributed by atoms with E-state index in [2.05, 4.69) is 15.6 Å². The molecule has 0 bridgehead atoms. The summed E-state index contributed by atoms with van der Waals surface area (Å²) in [6, 6.07) is 9.01. The van der Waals surface area contributed by atoms with Crippen molar-refractivity contribution in [3.05, 3.63) is 51.1 Å². The molecule has 1 aromatic heterocycles. The quantitative estimate of drug-likeness (QED) is 0.198. The molecule has 2 heterocycles. The van der Waals surface area contributed by atoms with Gasteiger partial charge in [-0.25, -0.2) is 9.59 Å². The van der Waals surface area contributed by atoms with Gasteiger partial charge in [-0.2, -0.15) is 0 Å². The SMILES string of the molecule is CC(C)(C)OC(=O)Oc1ccc(CCN(Cc2ccc3c(c2)NC(C=O)N3)C(=O)OC(C)(C)C)c2sc(=O)[nH]c12. The van der Waals surface area contributed by atoms with Gasteiger partial charge in [0.05, 0.1) is 16.1 Å². The van der Waals surface area contributed by atoms with Gasteiger partial charge in [0.25, 0.3) is 0 Å². The van der Waals surface area contributed by atoms with E-state index in [4.69, 9.17) is 14.2 Å². The fourth-order valence-electron chi connectivity index (χ4n) is 4.12. The van der Waals surface area contributed by atoms with Gasteiger partial charge in [0.2, 0.25) is 0 Å². The van der Waals surface area contributed by atoms with Crippen molar-refractivity contribution < 1.29 is 28.6 Å². The average Bonchev–Trinajstić information content (AvgIpc) is 3.43. The molecule has 1 amide bonds. The largest absolute Gasteiger partial charge is 0.514 e. The van der Waals surface area contributed by atoms with E-state index in [1.54, 1.807) is 58.6 Å². The molecule has 4 rings (SSSR count). The van der Waals surface area contributed by atoms with Crippen LogP contribution in [0.2, 0.25) is 0 Å². The van der Waals surface area contributed by atoms with E-state index < -0.39 is 29.6 Å². The molecule has 214 valence electrons. The lowest BCUT2D eigenvalue weighted by Crippen LogP contribution is -2.37. The molecule has 0 saturated heterocycles. The van der Waals surface area contributed by atoms with Gasteiger partial charge >= 0.3 is 17.1 Å². The predicted molar refractivity (Wildman–Crippen MR) is 153 cm³/mol. The van der Waals surface area contributed by atoms with Crippen molar-refractivity contribution in [3.63, 3.8) is 0 Å². The van der Waals surface area contributed by atoms with Gasteiger partial charge in [0, 0.05) is 13.1 Å². The third kappa shape index (κ3) is 7.32. The number of aromatic nitrogens is 1. The number of hydrogen-bond acceptors (Lipinski definition) is 10. The number of ether oxygens (including phenoxy) is 3. The number of thiazole rings is 1. The molecular weight excluding hydrogens is 536 g/mol. The number of rotatable bonds is 7. The lowest BCUT2D eigenvalue weighted by atomic mass is 10.1. The number of amides is 1. The molecule has 0 spiro atoms. The Bertz CT molecular complexity index is 1480. The van der Waals surface area contributed by atoms with Crippen LogP contribution in [-0.2, 0) is 27.2 Å². The molecule has 12 heteroatoms. The number of aromatic amines is 1. The normalized spacial score (nSPS) is 14.6. The van der Waals surface area contributed by atoms with E-state index in [1.165, 1.54) is 0 Å². The summed E-state index contributed by atoms with van der Waals surface area (Å²) in [5.74, 6) is 0.184. The lowest BCUT2D eigenvalue weighted by Gasteiger charge is -2.28. The summed E-state index contributed by atoms with van der Waals surface area (Å²) >= 11 is 1.00. The predicted octanol–water partition coefficient (Wildman–Crippen LogP) is 5.25. The maximum absolute atomic E-state index is 13.2. The van der Waals surface area contributed by atoms with E-state index in [9.17, 15) is 19.2 Å². The number of nitrogens with zero attached hydrogens (tertiary/aromatic N) is 1. The van der Waals surface area contributed by atoms with Gasteiger partial charge in [0.15, 0.2) is 18.2 Å². The standard InChI is InChI=1S/C28H34N4O7S/c1-27(2,3)38-25(35)32(14-16-7-9-18-19(13-16)30-21(15-33)29-18)12-11-17-8-10-20(22-23(17)40-24(34)31-22)37-26(36)39-28(4,5)6/h7-10,13,15,21,29-30H,11-12,14H2,1-6H3,(H,31,34). The maximum atomic E-state index is 13.2. The van der Waals surface area contributed by atoms with Crippen molar-refractivity contribution in [1.82, 2.24) is 9.88 Å². The van der Waals surface area contributed by atoms with Crippen molar-refractivity contribution in [2.24, 2.45) is 0 Å². The van der Waals surface area contributed by atoms with Crippen LogP contribution in [0.3, 0.4) is 0 Å². The third-order valence-corrected chi connectivity index (χ3v) is 6.68. The number of carbonyl (C=O) groups excluding carboxylic acids is 3. The highest BCUT2D eigenvalue weighted by Gasteiger charge is 2.25. The minimum absolute atomic E-state index is 0.184. The first kappa shape index (κ1) is 28.9. The Hall–Kier alpha value is -4.06. The van der Waals surface area contributed by atoms with E-state index in [-0.39, 0.29) is 17.2 Å². The van der Waals surface area contributed by atoms with E-state index in [1.807, 2.05) is 18.2 Å². The monoisotopic (exact) mass is 570 g/mol. The minimum Gasteiger partial charge on any atom is -0.444 e. The Balaban J connectivity index is 1.55. The second-order valence-electron chi connectivity index (χ2n) is 11.4. The Kier molecular flexibility index (Phi) is 8.10. The maximum Gasteiger partial charge on any atom is 0.514 e. The molecule has 1 aliphatic rings. The van der Waals surface area contributed by atoms with Crippen LogP contribution in [0.5, 0.6) is 5.75 Å². The first-order valence-corrected chi connectivity index (χ1v) is 13.7. The van der Waals surface area contributed by atoms with Crippen LogP contribution < -0.4 is 20.2 Å². The van der Waals surface area contributed by atoms with Crippen molar-refractivity contribution in [3.8, 4) is 5.75 Å². The molecule has 3 N–H and O–H groups in total. The van der Waals surface area contributed by atoms with Crippen LogP contribution in [0.15, 0.2) is 35.1 Å². The Labute approximate surface area is 235 Å². The van der Waals surface area contributed by atoms with Gasteiger partial charge in [0.1, 0.15) is 16.7 Å². The fourth-order valence-corrected chi connectivity index (χ4v) is 5.01. The number of fused-ring (bicyclic) bond motifs is 2. The van der Waals surface area contributed by atoms with Crippen LogP contribution in [0, 0.1) is 0 Å². The van der Waals surface area contributed by atoms with E-state index in [0.717, 1.165) is 40.1 Å². The smallest absolute Gasteiger partial charge is 0.444 e. The first-order chi connectivity index (χ1) is 18.7. The van der Waals surface area contributed by atoms with Crippen molar-refractivity contribution in [2.45, 2.75) is 71.9 Å². The van der Waals surface area contributed by atoms with Gasteiger partial charge in [-0.15, -0.1) is 0 Å². The molecule has 2 aromatic carbocycles. The molecule has 0 aliphatic carbocycles.